The molecule has 1 heterocycles. The number of H-pyrrole nitrogens is 1. The van der Waals surface area contributed by atoms with Gasteiger partial charge in [-0.25, -0.2) is 18.2 Å². The van der Waals surface area contributed by atoms with Gasteiger partial charge in [0.25, 0.3) is 5.56 Å². The summed E-state index contributed by atoms with van der Waals surface area (Å²) in [5.41, 5.74) is 1.94. The Kier molecular flexibility index (Phi) is 4.82. The lowest BCUT2D eigenvalue weighted by molar-refractivity contribution is 0.598. The minimum atomic E-state index is -3.75. The van der Waals surface area contributed by atoms with Gasteiger partial charge in [0.1, 0.15) is 0 Å². The predicted octanol–water partition coefficient (Wildman–Crippen LogP) is 2.53. The second-order valence-electron chi connectivity index (χ2n) is 5.56. The molecule has 0 unspecified atom stereocenters. The van der Waals surface area contributed by atoms with Crippen molar-refractivity contribution in [2.24, 2.45) is 10.1 Å². The molecule has 9 heteroatoms. The molecule has 3 N–H and O–H groups in total. The van der Waals surface area contributed by atoms with Gasteiger partial charge in [0.15, 0.2) is 0 Å². The molecule has 0 saturated carbocycles. The lowest BCUT2D eigenvalue weighted by Crippen LogP contribution is -2.17. The highest BCUT2D eigenvalue weighted by atomic mass is 35.5. The Labute approximate surface area is 154 Å². The Bertz CT molecular complexity index is 1130. The molecule has 3 aromatic rings. The fraction of sp³-hybridized carbons (Fsp3) is 0.0588. The highest BCUT2D eigenvalue weighted by Gasteiger charge is 2.11. The first-order valence-corrected chi connectivity index (χ1v) is 9.42. The van der Waals surface area contributed by atoms with E-state index in [-0.39, 0.29) is 10.5 Å². The van der Waals surface area contributed by atoms with Gasteiger partial charge in [0, 0.05) is 16.9 Å². The highest BCUT2D eigenvalue weighted by Crippen LogP contribution is 2.16. The zero-order chi connectivity index (χ0) is 18.9. The van der Waals surface area contributed by atoms with Crippen LogP contribution in [0.2, 0.25) is 5.02 Å². The maximum Gasteiger partial charge on any atom is 0.280 e. The summed E-state index contributed by atoms with van der Waals surface area (Å²) in [6, 6.07) is 12.6. The first-order valence-electron chi connectivity index (χ1n) is 7.50. The highest BCUT2D eigenvalue weighted by molar-refractivity contribution is 7.89. The van der Waals surface area contributed by atoms with Crippen LogP contribution < -0.4 is 10.7 Å². The minimum absolute atomic E-state index is 0.000584. The van der Waals surface area contributed by atoms with Gasteiger partial charge < -0.3 is 0 Å². The van der Waals surface area contributed by atoms with Gasteiger partial charge in [-0.05, 0) is 55.5 Å². The van der Waals surface area contributed by atoms with E-state index in [1.165, 1.54) is 35.2 Å². The Morgan fingerprint density at radius 2 is 1.73 bits per heavy atom. The van der Waals surface area contributed by atoms with Crippen molar-refractivity contribution in [3.05, 3.63) is 75.2 Å². The fourth-order valence-electron chi connectivity index (χ4n) is 2.34. The summed E-state index contributed by atoms with van der Waals surface area (Å²) < 4.78 is 23.9. The van der Waals surface area contributed by atoms with Crippen LogP contribution in [0.1, 0.15) is 11.3 Å². The van der Waals surface area contributed by atoms with E-state index in [9.17, 15) is 13.2 Å². The summed E-state index contributed by atoms with van der Waals surface area (Å²) in [7, 11) is -3.75. The Morgan fingerprint density at radius 1 is 1.12 bits per heavy atom. The van der Waals surface area contributed by atoms with Crippen molar-refractivity contribution in [1.29, 1.82) is 0 Å². The van der Waals surface area contributed by atoms with E-state index in [0.29, 0.717) is 27.7 Å². The number of nitrogens with two attached hydrogens (primary N) is 1. The van der Waals surface area contributed by atoms with E-state index in [1.807, 2.05) is 0 Å². The van der Waals surface area contributed by atoms with Crippen molar-refractivity contribution in [2.45, 2.75) is 11.8 Å². The lowest BCUT2D eigenvalue weighted by atomic mass is 10.2. The summed E-state index contributed by atoms with van der Waals surface area (Å²) in [6.45, 7) is 1.76. The standard InChI is InChI=1S/C17H15ClN4O3S/c1-11-16(10-20-13-4-8-15(9-5-13)26(19,24)25)17(23)22(21-11)14-6-2-12(18)3-7-14/h2-10,21H,1H3,(H2,19,24,25). The Hall–Kier alpha value is -2.68. The monoisotopic (exact) mass is 390 g/mol. The Morgan fingerprint density at radius 3 is 2.31 bits per heavy atom. The molecule has 1 aromatic heterocycles. The van der Waals surface area contributed by atoms with Crippen LogP contribution in [0.3, 0.4) is 0 Å². The number of nitrogens with one attached hydrogen (secondary N) is 1. The summed E-state index contributed by atoms with van der Waals surface area (Å²) in [6.07, 6.45) is 1.44. The van der Waals surface area contributed by atoms with E-state index in [1.54, 1.807) is 31.2 Å². The third-order valence-electron chi connectivity index (χ3n) is 3.71. The van der Waals surface area contributed by atoms with Crippen molar-refractivity contribution >= 4 is 33.5 Å². The lowest BCUT2D eigenvalue weighted by Gasteiger charge is -2.00. The average molecular weight is 391 g/mol. The number of rotatable bonds is 4. The van der Waals surface area contributed by atoms with Gasteiger partial charge in [-0.3, -0.25) is 14.9 Å². The van der Waals surface area contributed by atoms with Crippen LogP contribution in [0, 0.1) is 6.92 Å². The molecular formula is C17H15ClN4O3S. The second kappa shape index (κ2) is 6.91. The van der Waals surface area contributed by atoms with Crippen LogP contribution in [-0.4, -0.2) is 24.4 Å². The number of hydrogen-bond donors (Lipinski definition) is 2. The van der Waals surface area contributed by atoms with Crippen LogP contribution in [-0.2, 0) is 10.0 Å². The number of primary sulfonamides is 1. The molecule has 0 aliphatic carbocycles. The molecule has 7 nitrogen and oxygen atoms in total. The molecule has 0 amide bonds. The molecule has 0 saturated heterocycles. The van der Waals surface area contributed by atoms with Crippen LogP contribution in [0.15, 0.2) is 63.2 Å². The SMILES string of the molecule is Cc1[nH]n(-c2ccc(Cl)cc2)c(=O)c1C=Nc1ccc(S(N)(=O)=O)cc1. The fourth-order valence-corrected chi connectivity index (χ4v) is 2.99. The van der Waals surface area contributed by atoms with Gasteiger partial charge >= 0.3 is 0 Å². The number of aromatic amines is 1. The first-order chi connectivity index (χ1) is 12.3. The number of halogens is 1. The number of aryl methyl sites for hydroxylation is 1. The topological polar surface area (TPSA) is 110 Å². The largest absolute Gasteiger partial charge is 0.295 e. The normalized spacial score (nSPS) is 12.0. The molecule has 0 aliphatic rings. The van der Waals surface area contributed by atoms with Crippen molar-refractivity contribution in [1.82, 2.24) is 9.78 Å². The third kappa shape index (κ3) is 3.77. The van der Waals surface area contributed by atoms with E-state index in [4.69, 9.17) is 16.7 Å². The molecule has 0 aliphatic heterocycles. The number of aromatic nitrogens is 2. The first kappa shape index (κ1) is 18.1. The van der Waals surface area contributed by atoms with E-state index >= 15 is 0 Å². The molecule has 2 aromatic carbocycles. The maximum absolute atomic E-state index is 12.6. The molecule has 26 heavy (non-hydrogen) atoms. The molecular weight excluding hydrogens is 376 g/mol. The molecule has 0 spiro atoms. The van der Waals surface area contributed by atoms with Crippen LogP contribution in [0.25, 0.3) is 5.69 Å². The van der Waals surface area contributed by atoms with Crippen molar-refractivity contribution in [3.8, 4) is 5.69 Å². The average Bonchev–Trinajstić information content (AvgIpc) is 2.88. The van der Waals surface area contributed by atoms with Gasteiger partial charge in [-0.2, -0.15) is 0 Å². The molecule has 134 valence electrons. The van der Waals surface area contributed by atoms with Crippen LogP contribution >= 0.6 is 11.6 Å². The van der Waals surface area contributed by atoms with Gasteiger partial charge in [0.05, 0.1) is 21.8 Å². The number of sulfonamides is 1. The molecule has 0 fully saturated rings. The van der Waals surface area contributed by atoms with Gasteiger partial charge in [0.2, 0.25) is 10.0 Å². The molecule has 0 radical (unpaired) electrons. The zero-order valence-electron chi connectivity index (χ0n) is 13.7. The quantitative estimate of drug-likeness (QED) is 0.667. The van der Waals surface area contributed by atoms with Crippen LogP contribution in [0.4, 0.5) is 5.69 Å². The van der Waals surface area contributed by atoms with Crippen molar-refractivity contribution in [2.75, 3.05) is 0 Å². The van der Waals surface area contributed by atoms with E-state index in [2.05, 4.69) is 10.1 Å². The maximum atomic E-state index is 12.6. The van der Waals surface area contributed by atoms with Gasteiger partial charge in [-0.1, -0.05) is 11.6 Å². The van der Waals surface area contributed by atoms with Crippen LogP contribution in [0.5, 0.6) is 0 Å². The third-order valence-corrected chi connectivity index (χ3v) is 4.89. The molecule has 3 rings (SSSR count). The number of nitrogens with zero attached hydrogens (tertiary/aromatic N) is 2. The van der Waals surface area contributed by atoms with Crippen molar-refractivity contribution in [3.63, 3.8) is 0 Å². The van der Waals surface area contributed by atoms with Crippen molar-refractivity contribution < 1.29 is 8.42 Å². The summed E-state index contributed by atoms with van der Waals surface area (Å²) >= 11 is 5.87. The number of hydrogen-bond acceptors (Lipinski definition) is 4. The molecule has 0 bridgehead atoms. The molecule has 0 atom stereocenters. The predicted molar refractivity (Wildman–Crippen MR) is 101 cm³/mol. The number of benzene rings is 2. The second-order valence-corrected chi connectivity index (χ2v) is 7.56. The summed E-state index contributed by atoms with van der Waals surface area (Å²) in [5, 5.41) is 8.62. The van der Waals surface area contributed by atoms with E-state index in [0.717, 1.165) is 0 Å². The summed E-state index contributed by atoms with van der Waals surface area (Å²) in [5.74, 6) is 0. The van der Waals surface area contributed by atoms with Gasteiger partial charge in [-0.15, -0.1) is 0 Å². The summed E-state index contributed by atoms with van der Waals surface area (Å²) in [4.78, 5) is 16.8. The van der Waals surface area contributed by atoms with E-state index < -0.39 is 10.0 Å². The smallest absolute Gasteiger partial charge is 0.280 e. The minimum Gasteiger partial charge on any atom is -0.295 e. The number of aliphatic imine (C=N–C) groups is 1. The Balaban J connectivity index is 1.92. The zero-order valence-corrected chi connectivity index (χ0v) is 15.3.